The van der Waals surface area contributed by atoms with Crippen LogP contribution in [0.1, 0.15) is 59.4 Å². The van der Waals surface area contributed by atoms with Gasteiger partial charge in [0.1, 0.15) is 0 Å². The van der Waals surface area contributed by atoms with Crippen molar-refractivity contribution >= 4 is 0 Å². The molecule has 15 heavy (non-hydrogen) atoms. The standard InChI is InChI=1S/C13H24N2/c1-8-13(5,6)11-9-10(12(2,3)4)14-15(11)7/h9H,8H2,1-7H3. The fourth-order valence-corrected chi connectivity index (χ4v) is 1.65. The number of hydrogen-bond acceptors (Lipinski definition) is 1. The summed E-state index contributed by atoms with van der Waals surface area (Å²) in [7, 11) is 2.04. The Kier molecular flexibility index (Phi) is 2.99. The summed E-state index contributed by atoms with van der Waals surface area (Å²) < 4.78 is 2.03. The molecule has 0 bridgehead atoms. The molecule has 1 aromatic heterocycles. The maximum atomic E-state index is 4.61. The van der Waals surface area contributed by atoms with Gasteiger partial charge in [0, 0.05) is 23.6 Å². The van der Waals surface area contributed by atoms with Crippen molar-refractivity contribution < 1.29 is 0 Å². The van der Waals surface area contributed by atoms with Crippen LogP contribution < -0.4 is 0 Å². The van der Waals surface area contributed by atoms with E-state index >= 15 is 0 Å². The van der Waals surface area contributed by atoms with E-state index in [0.717, 1.165) is 6.42 Å². The van der Waals surface area contributed by atoms with E-state index in [1.54, 1.807) is 0 Å². The van der Waals surface area contributed by atoms with Gasteiger partial charge in [-0.05, 0) is 12.5 Å². The monoisotopic (exact) mass is 208 g/mol. The van der Waals surface area contributed by atoms with E-state index in [1.807, 2.05) is 11.7 Å². The first-order valence-electron chi connectivity index (χ1n) is 5.73. The van der Waals surface area contributed by atoms with Crippen LogP contribution in [0.4, 0.5) is 0 Å². The van der Waals surface area contributed by atoms with Gasteiger partial charge >= 0.3 is 0 Å². The summed E-state index contributed by atoms with van der Waals surface area (Å²) in [6.45, 7) is 13.4. The van der Waals surface area contributed by atoms with Gasteiger partial charge < -0.3 is 0 Å². The lowest BCUT2D eigenvalue weighted by molar-refractivity contribution is 0.459. The SMILES string of the molecule is CCC(C)(C)c1cc(C(C)(C)C)nn1C. The Morgan fingerprint density at radius 3 is 2.07 bits per heavy atom. The normalized spacial score (nSPS) is 13.3. The molecule has 0 saturated heterocycles. The van der Waals surface area contributed by atoms with Crippen molar-refractivity contribution in [1.29, 1.82) is 0 Å². The highest BCUT2D eigenvalue weighted by Crippen LogP contribution is 2.30. The van der Waals surface area contributed by atoms with Crippen molar-refractivity contribution in [2.24, 2.45) is 7.05 Å². The zero-order valence-electron chi connectivity index (χ0n) is 11.2. The van der Waals surface area contributed by atoms with Crippen molar-refractivity contribution in [3.05, 3.63) is 17.5 Å². The minimum Gasteiger partial charge on any atom is -0.272 e. The van der Waals surface area contributed by atoms with E-state index in [2.05, 4.69) is 52.7 Å². The summed E-state index contributed by atoms with van der Waals surface area (Å²) in [5.41, 5.74) is 2.86. The Balaban J connectivity index is 3.18. The summed E-state index contributed by atoms with van der Waals surface area (Å²) in [4.78, 5) is 0. The topological polar surface area (TPSA) is 17.8 Å². The van der Waals surface area contributed by atoms with E-state index < -0.39 is 0 Å². The highest BCUT2D eigenvalue weighted by molar-refractivity contribution is 5.23. The molecule has 0 fully saturated rings. The van der Waals surface area contributed by atoms with Crippen LogP contribution in [-0.2, 0) is 17.9 Å². The van der Waals surface area contributed by atoms with Crippen LogP contribution in [0.15, 0.2) is 6.07 Å². The van der Waals surface area contributed by atoms with E-state index in [0.29, 0.717) is 0 Å². The number of hydrogen-bond donors (Lipinski definition) is 0. The average Bonchev–Trinajstić information content (AvgIpc) is 2.47. The first-order chi connectivity index (χ1) is 6.68. The lowest BCUT2D eigenvalue weighted by Crippen LogP contribution is -2.19. The molecule has 2 nitrogen and oxygen atoms in total. The van der Waals surface area contributed by atoms with Gasteiger partial charge in [0.2, 0.25) is 0 Å². The molecule has 0 aliphatic rings. The van der Waals surface area contributed by atoms with Gasteiger partial charge in [-0.25, -0.2) is 0 Å². The highest BCUT2D eigenvalue weighted by Gasteiger charge is 2.26. The Labute approximate surface area is 93.7 Å². The molecule has 0 spiro atoms. The van der Waals surface area contributed by atoms with Crippen molar-refractivity contribution in [2.45, 2.75) is 58.8 Å². The Bertz CT molecular complexity index is 340. The number of aromatic nitrogens is 2. The molecular weight excluding hydrogens is 184 g/mol. The number of rotatable bonds is 2. The predicted octanol–water partition coefficient (Wildman–Crippen LogP) is 3.41. The summed E-state index contributed by atoms with van der Waals surface area (Å²) in [6, 6.07) is 2.25. The van der Waals surface area contributed by atoms with Gasteiger partial charge in [-0.15, -0.1) is 0 Å². The van der Waals surface area contributed by atoms with E-state index in [9.17, 15) is 0 Å². The number of aryl methyl sites for hydroxylation is 1. The maximum absolute atomic E-state index is 4.61. The lowest BCUT2D eigenvalue weighted by Gasteiger charge is -2.22. The third-order valence-electron chi connectivity index (χ3n) is 3.23. The van der Waals surface area contributed by atoms with Gasteiger partial charge in [-0.1, -0.05) is 41.5 Å². The predicted molar refractivity (Wildman–Crippen MR) is 65.2 cm³/mol. The molecule has 86 valence electrons. The smallest absolute Gasteiger partial charge is 0.0680 e. The Morgan fingerprint density at radius 2 is 1.73 bits per heavy atom. The fraction of sp³-hybridized carbons (Fsp3) is 0.769. The van der Waals surface area contributed by atoms with Crippen LogP contribution in [0.5, 0.6) is 0 Å². The zero-order chi connectivity index (χ0) is 11.9. The summed E-state index contributed by atoms with van der Waals surface area (Å²) in [5, 5.41) is 4.61. The molecule has 0 unspecified atom stereocenters. The molecule has 1 heterocycles. The Hall–Kier alpha value is -0.790. The molecule has 0 atom stereocenters. The van der Waals surface area contributed by atoms with Crippen LogP contribution in [0.25, 0.3) is 0 Å². The van der Waals surface area contributed by atoms with Crippen molar-refractivity contribution in [3.63, 3.8) is 0 Å². The van der Waals surface area contributed by atoms with Crippen molar-refractivity contribution in [2.75, 3.05) is 0 Å². The fourth-order valence-electron chi connectivity index (χ4n) is 1.65. The van der Waals surface area contributed by atoms with Gasteiger partial charge in [-0.3, -0.25) is 4.68 Å². The van der Waals surface area contributed by atoms with Gasteiger partial charge in [-0.2, -0.15) is 5.10 Å². The van der Waals surface area contributed by atoms with Crippen LogP contribution in [0, 0.1) is 0 Å². The van der Waals surface area contributed by atoms with Crippen molar-refractivity contribution in [3.8, 4) is 0 Å². The van der Waals surface area contributed by atoms with E-state index in [4.69, 9.17) is 0 Å². The molecule has 0 saturated carbocycles. The highest BCUT2D eigenvalue weighted by atomic mass is 15.3. The average molecular weight is 208 g/mol. The zero-order valence-corrected chi connectivity index (χ0v) is 11.2. The lowest BCUT2D eigenvalue weighted by atomic mass is 9.84. The molecule has 1 rings (SSSR count). The second-order valence-corrected chi connectivity index (χ2v) is 6.03. The molecule has 0 N–H and O–H groups in total. The largest absolute Gasteiger partial charge is 0.272 e. The van der Waals surface area contributed by atoms with Crippen LogP contribution in [-0.4, -0.2) is 9.78 Å². The van der Waals surface area contributed by atoms with Crippen LogP contribution in [0.2, 0.25) is 0 Å². The summed E-state index contributed by atoms with van der Waals surface area (Å²) in [6.07, 6.45) is 1.14. The van der Waals surface area contributed by atoms with Gasteiger partial charge in [0.05, 0.1) is 5.69 Å². The van der Waals surface area contributed by atoms with Gasteiger partial charge in [0.15, 0.2) is 0 Å². The first-order valence-corrected chi connectivity index (χ1v) is 5.73. The first kappa shape index (κ1) is 12.3. The summed E-state index contributed by atoms with van der Waals surface area (Å²) in [5.74, 6) is 0. The molecule has 0 aliphatic carbocycles. The van der Waals surface area contributed by atoms with E-state index in [-0.39, 0.29) is 10.8 Å². The molecule has 1 aromatic rings. The van der Waals surface area contributed by atoms with Crippen LogP contribution in [0.3, 0.4) is 0 Å². The minimum atomic E-state index is 0.139. The van der Waals surface area contributed by atoms with Crippen LogP contribution >= 0.6 is 0 Å². The molecule has 0 aliphatic heterocycles. The second kappa shape index (κ2) is 3.66. The van der Waals surface area contributed by atoms with Crippen molar-refractivity contribution in [1.82, 2.24) is 9.78 Å². The minimum absolute atomic E-state index is 0.139. The molecule has 0 amide bonds. The third kappa shape index (κ3) is 2.42. The molecule has 0 radical (unpaired) electrons. The number of nitrogens with zero attached hydrogens (tertiary/aromatic N) is 2. The quantitative estimate of drug-likeness (QED) is 0.728. The van der Waals surface area contributed by atoms with E-state index in [1.165, 1.54) is 11.4 Å². The maximum Gasteiger partial charge on any atom is 0.0680 e. The molecule has 0 aromatic carbocycles. The molecule has 2 heteroatoms. The Morgan fingerprint density at radius 1 is 1.20 bits per heavy atom. The summed E-state index contributed by atoms with van der Waals surface area (Å²) >= 11 is 0. The third-order valence-corrected chi connectivity index (χ3v) is 3.23. The second-order valence-electron chi connectivity index (χ2n) is 6.03. The molecular formula is C13H24N2. The van der Waals surface area contributed by atoms with Gasteiger partial charge in [0.25, 0.3) is 0 Å².